The lowest BCUT2D eigenvalue weighted by Gasteiger charge is -2.21. The van der Waals surface area contributed by atoms with E-state index in [0.29, 0.717) is 0 Å². The van der Waals surface area contributed by atoms with E-state index in [-0.39, 0.29) is 0 Å². The Bertz CT molecular complexity index is 439. The van der Waals surface area contributed by atoms with Crippen molar-refractivity contribution in [2.75, 3.05) is 6.26 Å². The lowest BCUT2D eigenvalue weighted by Crippen LogP contribution is -2.51. The van der Waals surface area contributed by atoms with Crippen LogP contribution in [0.25, 0.3) is 0 Å². The van der Waals surface area contributed by atoms with E-state index in [2.05, 4.69) is 4.18 Å². The molecular weight excluding hydrogens is 276 g/mol. The van der Waals surface area contributed by atoms with Crippen LogP contribution in [0.15, 0.2) is 0 Å². The molecule has 9 heteroatoms. The predicted molar refractivity (Wildman–Crippen MR) is 67.7 cm³/mol. The van der Waals surface area contributed by atoms with Crippen LogP contribution in [0.3, 0.4) is 0 Å². The van der Waals surface area contributed by atoms with Crippen LogP contribution in [0.4, 0.5) is 4.79 Å². The zero-order valence-electron chi connectivity index (χ0n) is 11.6. The van der Waals surface area contributed by atoms with Crippen LogP contribution >= 0.6 is 0 Å². The number of ether oxygens (including phenoxy) is 1. The first kappa shape index (κ1) is 17.8. The van der Waals surface area contributed by atoms with Crippen LogP contribution in [0.2, 0.25) is 0 Å². The molecule has 2 amide bonds. The number of nitrogens with one attached hydrogen (secondary N) is 1. The van der Waals surface area contributed by atoms with E-state index in [1.54, 1.807) is 20.8 Å². The highest BCUT2D eigenvalue weighted by Crippen LogP contribution is 2.07. The molecule has 0 unspecified atom stereocenters. The maximum absolute atomic E-state index is 11.6. The van der Waals surface area contributed by atoms with Gasteiger partial charge in [0, 0.05) is 0 Å². The third kappa shape index (κ3) is 8.51. The van der Waals surface area contributed by atoms with Gasteiger partial charge in [0.05, 0.1) is 12.4 Å². The first-order valence-electron chi connectivity index (χ1n) is 5.49. The molecule has 0 radical (unpaired) electrons. The van der Waals surface area contributed by atoms with E-state index < -0.39 is 39.9 Å². The molecule has 112 valence electrons. The second kappa shape index (κ2) is 6.31. The molecule has 0 aliphatic heterocycles. The summed E-state index contributed by atoms with van der Waals surface area (Å²) in [6.45, 7) is 6.20. The highest BCUT2D eigenvalue weighted by atomic mass is 32.2. The molecule has 19 heavy (non-hydrogen) atoms. The summed E-state index contributed by atoms with van der Waals surface area (Å²) < 4.78 is 31.1. The molecule has 0 rings (SSSR count). The van der Waals surface area contributed by atoms with E-state index in [0.717, 1.165) is 6.26 Å². The van der Waals surface area contributed by atoms with Crippen molar-refractivity contribution in [1.82, 2.24) is 5.32 Å². The van der Waals surface area contributed by atoms with Crippen molar-refractivity contribution in [3.8, 4) is 0 Å². The molecule has 0 bridgehead atoms. The minimum absolute atomic E-state index is 0.761. The number of carbonyl (C=O) groups excluding carboxylic acids is 2. The van der Waals surface area contributed by atoms with Crippen LogP contribution < -0.4 is 11.1 Å². The molecule has 0 aromatic carbocycles. The van der Waals surface area contributed by atoms with E-state index in [4.69, 9.17) is 10.5 Å². The molecule has 0 fully saturated rings. The summed E-state index contributed by atoms with van der Waals surface area (Å²) in [6, 6.07) is -1.32. The summed E-state index contributed by atoms with van der Waals surface area (Å²) in [5, 5.41) is 1.90. The second-order valence-electron chi connectivity index (χ2n) is 5.02. The smallest absolute Gasteiger partial charge is 0.414 e. The lowest BCUT2D eigenvalue weighted by molar-refractivity contribution is -0.123. The molecule has 0 saturated heterocycles. The van der Waals surface area contributed by atoms with E-state index in [1.807, 2.05) is 5.32 Å². The first-order chi connectivity index (χ1) is 8.32. The Hall–Kier alpha value is -1.19. The molecule has 0 heterocycles. The van der Waals surface area contributed by atoms with Gasteiger partial charge >= 0.3 is 6.09 Å². The maximum Gasteiger partial charge on any atom is 0.414 e. The van der Waals surface area contributed by atoms with E-state index >= 15 is 0 Å². The first-order valence-corrected chi connectivity index (χ1v) is 7.31. The number of rotatable bonds is 4. The van der Waals surface area contributed by atoms with Gasteiger partial charge in [0.25, 0.3) is 10.1 Å². The Balaban J connectivity index is 4.47. The number of hydrogen-bond donors (Lipinski definition) is 2. The molecule has 0 saturated carbocycles. The number of carbonyl (C=O) groups is 2. The summed E-state index contributed by atoms with van der Waals surface area (Å²) in [7, 11) is -3.74. The topological polar surface area (TPSA) is 125 Å². The molecule has 3 N–H and O–H groups in total. The van der Waals surface area contributed by atoms with Crippen molar-refractivity contribution < 1.29 is 26.9 Å². The number of nitrogens with two attached hydrogens (primary N) is 1. The van der Waals surface area contributed by atoms with Gasteiger partial charge in [-0.3, -0.25) is 14.3 Å². The van der Waals surface area contributed by atoms with Crippen molar-refractivity contribution in [2.24, 2.45) is 5.73 Å². The number of imide groups is 1. The van der Waals surface area contributed by atoms with Gasteiger partial charge in [-0.25, -0.2) is 4.79 Å². The summed E-state index contributed by atoms with van der Waals surface area (Å²) in [5.74, 6) is -0.884. The van der Waals surface area contributed by atoms with Crippen LogP contribution in [0, 0.1) is 0 Å². The molecule has 2 atom stereocenters. The highest BCUT2D eigenvalue weighted by molar-refractivity contribution is 7.86. The fraction of sp³-hybridized carbons (Fsp3) is 0.800. The fourth-order valence-corrected chi connectivity index (χ4v) is 1.71. The maximum atomic E-state index is 11.6. The Morgan fingerprint density at radius 3 is 2.11 bits per heavy atom. The van der Waals surface area contributed by atoms with Gasteiger partial charge in [0.1, 0.15) is 11.6 Å². The van der Waals surface area contributed by atoms with E-state index in [9.17, 15) is 18.0 Å². The van der Waals surface area contributed by atoms with Gasteiger partial charge in [-0.05, 0) is 27.7 Å². The third-order valence-corrected chi connectivity index (χ3v) is 2.41. The summed E-state index contributed by atoms with van der Waals surface area (Å²) in [4.78, 5) is 22.9. The van der Waals surface area contributed by atoms with Gasteiger partial charge in [-0.2, -0.15) is 8.42 Å². The summed E-state index contributed by atoms with van der Waals surface area (Å²) in [5.41, 5.74) is 4.71. The Kier molecular flexibility index (Phi) is 5.91. The summed E-state index contributed by atoms with van der Waals surface area (Å²) >= 11 is 0. The van der Waals surface area contributed by atoms with Gasteiger partial charge in [-0.1, -0.05) is 0 Å². The fourth-order valence-electron chi connectivity index (χ4n) is 1.04. The number of alkyl carbamates (subject to hydrolysis) is 1. The molecule has 0 aromatic heterocycles. The average molecular weight is 296 g/mol. The van der Waals surface area contributed by atoms with Gasteiger partial charge in [0.2, 0.25) is 5.91 Å². The minimum atomic E-state index is -3.74. The standard InChI is InChI=1S/C10H20N2O6S/c1-6(18-19(5,15)16)7(11)8(13)12-9(14)17-10(2,3)4/h6-7H,11H2,1-5H3,(H,12,13,14)/t6-,7+/m1/s1. The zero-order valence-corrected chi connectivity index (χ0v) is 12.4. The molecule has 0 aliphatic rings. The van der Waals surface area contributed by atoms with Crippen molar-refractivity contribution in [1.29, 1.82) is 0 Å². The van der Waals surface area contributed by atoms with Gasteiger partial charge in [0.15, 0.2) is 0 Å². The second-order valence-corrected chi connectivity index (χ2v) is 6.62. The predicted octanol–water partition coefficient (Wildman–Crippen LogP) is -0.270. The molecular formula is C10H20N2O6S. The van der Waals surface area contributed by atoms with E-state index in [1.165, 1.54) is 6.92 Å². The van der Waals surface area contributed by atoms with Crippen LogP contribution in [-0.2, 0) is 23.8 Å². The quantitative estimate of drug-likeness (QED) is 0.684. The van der Waals surface area contributed by atoms with Crippen LogP contribution in [0.1, 0.15) is 27.7 Å². The SMILES string of the molecule is C[C@@H](OS(C)(=O)=O)[C@H](N)C(=O)NC(=O)OC(C)(C)C. The highest BCUT2D eigenvalue weighted by Gasteiger charge is 2.27. The van der Waals surface area contributed by atoms with Crippen LogP contribution in [-0.4, -0.2) is 44.4 Å². The van der Waals surface area contributed by atoms with Crippen molar-refractivity contribution in [3.63, 3.8) is 0 Å². The monoisotopic (exact) mass is 296 g/mol. The number of hydrogen-bond acceptors (Lipinski definition) is 7. The zero-order chi connectivity index (χ0) is 15.4. The summed E-state index contributed by atoms with van der Waals surface area (Å²) in [6.07, 6.45) is -1.22. The Labute approximate surface area is 112 Å². The van der Waals surface area contributed by atoms with Gasteiger partial charge < -0.3 is 10.5 Å². The molecule has 0 spiro atoms. The normalized spacial score (nSPS) is 15.5. The largest absolute Gasteiger partial charge is 0.444 e. The van der Waals surface area contributed by atoms with Crippen molar-refractivity contribution in [3.05, 3.63) is 0 Å². The average Bonchev–Trinajstić information content (AvgIpc) is 2.10. The lowest BCUT2D eigenvalue weighted by atomic mass is 10.2. The molecule has 8 nitrogen and oxygen atoms in total. The molecule has 0 aliphatic carbocycles. The van der Waals surface area contributed by atoms with Crippen LogP contribution in [0.5, 0.6) is 0 Å². The third-order valence-electron chi connectivity index (χ3n) is 1.76. The van der Waals surface area contributed by atoms with Crippen molar-refractivity contribution >= 4 is 22.1 Å². The number of amides is 2. The molecule has 0 aromatic rings. The minimum Gasteiger partial charge on any atom is -0.444 e. The Morgan fingerprint density at radius 1 is 1.26 bits per heavy atom. The Morgan fingerprint density at radius 2 is 1.74 bits per heavy atom. The van der Waals surface area contributed by atoms with Crippen molar-refractivity contribution in [2.45, 2.75) is 45.4 Å². The van der Waals surface area contributed by atoms with Gasteiger partial charge in [-0.15, -0.1) is 0 Å².